The summed E-state index contributed by atoms with van der Waals surface area (Å²) in [5.41, 5.74) is 0.548. The van der Waals surface area contributed by atoms with E-state index in [1.165, 1.54) is 6.08 Å². The molecule has 0 fully saturated rings. The van der Waals surface area contributed by atoms with E-state index in [1.54, 1.807) is 30.4 Å². The molecule has 0 bridgehead atoms. The van der Waals surface area contributed by atoms with Crippen LogP contribution in [0.1, 0.15) is 6.42 Å². The quantitative estimate of drug-likeness (QED) is 0.572. The maximum atomic E-state index is 11.5. The van der Waals surface area contributed by atoms with E-state index in [2.05, 4.69) is 4.99 Å². The second-order valence-corrected chi connectivity index (χ2v) is 3.16. The summed E-state index contributed by atoms with van der Waals surface area (Å²) in [5.74, 6) is -0.592. The van der Waals surface area contributed by atoms with Gasteiger partial charge in [-0.25, -0.2) is 4.99 Å². The zero-order chi connectivity index (χ0) is 9.97. The van der Waals surface area contributed by atoms with Crippen molar-refractivity contribution in [3.05, 3.63) is 36.5 Å². The van der Waals surface area contributed by atoms with Gasteiger partial charge in [-0.2, -0.15) is 0 Å². The summed E-state index contributed by atoms with van der Waals surface area (Å²) in [6.07, 6.45) is 10.3. The molecule has 1 amide bonds. The predicted molar refractivity (Wildman–Crippen MR) is 53.0 cm³/mol. The minimum atomic E-state index is -0.375. The fourth-order valence-electron chi connectivity index (χ4n) is 1.45. The van der Waals surface area contributed by atoms with Gasteiger partial charge in [0, 0.05) is 6.42 Å². The van der Waals surface area contributed by atoms with Crippen LogP contribution in [0, 0.1) is 5.92 Å². The number of amides is 1. The topological polar surface area (TPSA) is 46.5 Å². The monoisotopic (exact) mass is 187 g/mol. The summed E-state index contributed by atoms with van der Waals surface area (Å²) >= 11 is 0. The van der Waals surface area contributed by atoms with Crippen molar-refractivity contribution in [2.24, 2.45) is 10.9 Å². The van der Waals surface area contributed by atoms with E-state index in [0.717, 1.165) is 0 Å². The number of hydrogen-bond donors (Lipinski definition) is 0. The van der Waals surface area contributed by atoms with Gasteiger partial charge < -0.3 is 0 Å². The first-order chi connectivity index (χ1) is 6.77. The molecule has 2 rings (SSSR count). The molecule has 1 aliphatic carbocycles. The highest BCUT2D eigenvalue weighted by Crippen LogP contribution is 2.14. The molecule has 0 saturated carbocycles. The van der Waals surface area contributed by atoms with Gasteiger partial charge in [0.2, 0.25) is 5.91 Å². The average Bonchev–Trinajstić information content (AvgIpc) is 2.16. The molecule has 1 atom stereocenters. The van der Waals surface area contributed by atoms with Crippen LogP contribution >= 0.6 is 0 Å². The van der Waals surface area contributed by atoms with Crippen LogP contribution in [0.5, 0.6) is 0 Å². The number of nitrogens with zero attached hydrogens (tertiary/aromatic N) is 1. The Balaban J connectivity index is 2.41. The molecule has 3 nitrogen and oxygen atoms in total. The molecule has 14 heavy (non-hydrogen) atoms. The Bertz CT molecular complexity index is 400. The molecule has 3 heteroatoms. The van der Waals surface area contributed by atoms with Crippen LogP contribution in [0.4, 0.5) is 0 Å². The van der Waals surface area contributed by atoms with Gasteiger partial charge in [-0.1, -0.05) is 24.3 Å². The molecular weight excluding hydrogens is 178 g/mol. The lowest BCUT2D eigenvalue weighted by atomic mass is 9.93. The first-order valence-corrected chi connectivity index (χ1v) is 4.44. The zero-order valence-electron chi connectivity index (χ0n) is 7.51. The van der Waals surface area contributed by atoms with Crippen molar-refractivity contribution in [3.8, 4) is 0 Å². The highest BCUT2D eigenvalue weighted by molar-refractivity contribution is 6.19. The largest absolute Gasteiger partial charge is 0.294 e. The Hall–Kier alpha value is -1.77. The van der Waals surface area contributed by atoms with E-state index < -0.39 is 0 Å². The van der Waals surface area contributed by atoms with Crippen molar-refractivity contribution in [3.63, 3.8) is 0 Å². The number of carbonyl (C=O) groups is 2. The summed E-state index contributed by atoms with van der Waals surface area (Å²) in [6, 6.07) is 0. The molecule has 0 aromatic carbocycles. The Morgan fingerprint density at radius 3 is 2.93 bits per heavy atom. The maximum absolute atomic E-state index is 11.5. The fourth-order valence-corrected chi connectivity index (χ4v) is 1.45. The molecule has 0 spiro atoms. The van der Waals surface area contributed by atoms with Crippen LogP contribution in [0.3, 0.4) is 0 Å². The SMILES string of the molecule is O=C1C/C=C\C(=O)C2C=CC=C/C2=N/1. The third-order valence-electron chi connectivity index (χ3n) is 2.14. The van der Waals surface area contributed by atoms with Crippen molar-refractivity contribution >= 4 is 17.4 Å². The first-order valence-electron chi connectivity index (χ1n) is 4.44. The van der Waals surface area contributed by atoms with Gasteiger partial charge in [-0.3, -0.25) is 9.59 Å². The summed E-state index contributed by atoms with van der Waals surface area (Å²) in [6.45, 7) is 0. The molecule has 1 aliphatic heterocycles. The van der Waals surface area contributed by atoms with Gasteiger partial charge in [-0.05, 0) is 12.2 Å². The van der Waals surface area contributed by atoms with Crippen LogP contribution in [-0.4, -0.2) is 17.4 Å². The Morgan fingerprint density at radius 1 is 1.21 bits per heavy atom. The van der Waals surface area contributed by atoms with Crippen molar-refractivity contribution in [1.29, 1.82) is 0 Å². The van der Waals surface area contributed by atoms with Crippen molar-refractivity contribution in [2.45, 2.75) is 6.42 Å². The fraction of sp³-hybridized carbons (Fsp3) is 0.182. The molecule has 70 valence electrons. The smallest absolute Gasteiger partial charge is 0.249 e. The first kappa shape index (κ1) is 8.81. The number of ketones is 1. The normalized spacial score (nSPS) is 31.4. The maximum Gasteiger partial charge on any atom is 0.249 e. The molecule has 0 radical (unpaired) electrons. The van der Waals surface area contributed by atoms with Crippen LogP contribution < -0.4 is 0 Å². The van der Waals surface area contributed by atoms with E-state index in [9.17, 15) is 9.59 Å². The minimum absolute atomic E-state index is 0.0168. The number of allylic oxidation sites excluding steroid dienone is 5. The second kappa shape index (κ2) is 3.54. The Morgan fingerprint density at radius 2 is 2.07 bits per heavy atom. The van der Waals surface area contributed by atoms with E-state index >= 15 is 0 Å². The number of hydrogen-bond acceptors (Lipinski definition) is 2. The summed E-state index contributed by atoms with van der Waals surface area (Å²) < 4.78 is 0. The number of fused-ring (bicyclic) bond motifs is 1. The molecule has 2 aliphatic rings. The van der Waals surface area contributed by atoms with Gasteiger partial charge in [-0.15, -0.1) is 0 Å². The highest BCUT2D eigenvalue weighted by Gasteiger charge is 2.21. The van der Waals surface area contributed by atoms with Gasteiger partial charge >= 0.3 is 0 Å². The third-order valence-corrected chi connectivity index (χ3v) is 2.14. The Labute approximate surface area is 81.5 Å². The van der Waals surface area contributed by atoms with Crippen molar-refractivity contribution in [2.75, 3.05) is 0 Å². The molecule has 0 aromatic rings. The van der Waals surface area contributed by atoms with E-state index in [1.807, 2.05) is 0 Å². The van der Waals surface area contributed by atoms with Gasteiger partial charge in [0.05, 0.1) is 11.6 Å². The van der Waals surface area contributed by atoms with Gasteiger partial charge in [0.25, 0.3) is 0 Å². The second-order valence-electron chi connectivity index (χ2n) is 3.16. The zero-order valence-corrected chi connectivity index (χ0v) is 7.51. The van der Waals surface area contributed by atoms with Crippen molar-refractivity contribution in [1.82, 2.24) is 0 Å². The van der Waals surface area contributed by atoms with Crippen molar-refractivity contribution < 1.29 is 9.59 Å². The predicted octanol–water partition coefficient (Wildman–Crippen LogP) is 1.23. The summed E-state index contributed by atoms with van der Waals surface area (Å²) in [4.78, 5) is 26.6. The lowest BCUT2D eigenvalue weighted by Gasteiger charge is -2.13. The molecule has 0 N–H and O–H groups in total. The lowest BCUT2D eigenvalue weighted by molar-refractivity contribution is -0.117. The third kappa shape index (κ3) is 1.62. The molecule has 0 aromatic heterocycles. The van der Waals surface area contributed by atoms with Crippen LogP contribution in [0.15, 0.2) is 41.4 Å². The van der Waals surface area contributed by atoms with E-state index in [0.29, 0.717) is 5.71 Å². The minimum Gasteiger partial charge on any atom is -0.294 e. The number of aliphatic imine (C=N–C) groups is 1. The molecule has 0 saturated heterocycles. The average molecular weight is 187 g/mol. The molecule has 1 heterocycles. The van der Waals surface area contributed by atoms with Crippen LogP contribution in [-0.2, 0) is 9.59 Å². The summed E-state index contributed by atoms with van der Waals surface area (Å²) in [7, 11) is 0. The van der Waals surface area contributed by atoms with Gasteiger partial charge in [0.15, 0.2) is 5.78 Å². The van der Waals surface area contributed by atoms with Crippen LogP contribution in [0.25, 0.3) is 0 Å². The highest BCUT2D eigenvalue weighted by atomic mass is 16.1. The summed E-state index contributed by atoms with van der Waals surface area (Å²) in [5, 5.41) is 0. The van der Waals surface area contributed by atoms with E-state index in [4.69, 9.17) is 0 Å². The standard InChI is InChI=1S/C11H9NO2/c13-10-6-3-7-11(14)12-9-5-2-1-4-8(9)10/h1-6,8H,7H2/b6-3-,12-9-. The van der Waals surface area contributed by atoms with E-state index in [-0.39, 0.29) is 24.0 Å². The number of carbonyl (C=O) groups excluding carboxylic acids is 2. The lowest BCUT2D eigenvalue weighted by Crippen LogP contribution is -2.23. The number of rotatable bonds is 0. The van der Waals surface area contributed by atoms with Crippen LogP contribution in [0.2, 0.25) is 0 Å². The van der Waals surface area contributed by atoms with Gasteiger partial charge in [0.1, 0.15) is 0 Å². The Kier molecular flexibility index (Phi) is 2.23. The molecular formula is C11H9NO2. The molecule has 1 unspecified atom stereocenters.